The number of carbonyl (C=O) groups excluding carboxylic acids is 1. The molecule has 2 aromatic heterocycles. The molecule has 0 radical (unpaired) electrons. The van der Waals surface area contributed by atoms with E-state index in [1.807, 2.05) is 0 Å². The second kappa shape index (κ2) is 6.64. The number of ether oxygens (including phenoxy) is 1. The Morgan fingerprint density at radius 1 is 1.25 bits per heavy atom. The first-order valence-electron chi connectivity index (χ1n) is 6.40. The van der Waals surface area contributed by atoms with Crippen LogP contribution in [0.5, 0.6) is 0 Å². The number of nitrogens with zero attached hydrogens (tertiary/aromatic N) is 1. The number of methoxy groups -OCH3 is 1. The number of benzene rings is 2. The summed E-state index contributed by atoms with van der Waals surface area (Å²) in [6, 6.07) is 10.0. The minimum Gasteiger partial charge on any atom is -0.465 e. The summed E-state index contributed by atoms with van der Waals surface area (Å²) < 4.78 is 31.2. The zero-order valence-corrected chi connectivity index (χ0v) is 13.1. The quantitative estimate of drug-likeness (QED) is 0.431. The first-order valence-corrected chi connectivity index (χ1v) is 7.94. The molecule has 3 aromatic rings. The second-order valence-electron chi connectivity index (χ2n) is 4.55. The van der Waals surface area contributed by atoms with Crippen LogP contribution in [0.1, 0.15) is 10.4 Å². The predicted molar refractivity (Wildman–Crippen MR) is 83.2 cm³/mol. The van der Waals surface area contributed by atoms with Gasteiger partial charge in [0.2, 0.25) is 15.6 Å². The number of nitro benzene ring substituents is 1. The van der Waals surface area contributed by atoms with Gasteiger partial charge in [-0.25, -0.2) is 18.4 Å². The number of hydrogen-bond acceptors (Lipinski definition) is 7. The molecule has 126 valence electrons. The van der Waals surface area contributed by atoms with E-state index in [9.17, 15) is 23.3 Å². The normalized spacial score (nSPS) is 10.9. The van der Waals surface area contributed by atoms with Crippen molar-refractivity contribution in [3.8, 4) is 0 Å². The number of esters is 1. The number of primary sulfonamides is 1. The Balaban J connectivity index is 0.000000182. The summed E-state index contributed by atoms with van der Waals surface area (Å²) in [5.41, 5.74) is 1.11. The maximum absolute atomic E-state index is 11.0. The van der Waals surface area contributed by atoms with Crippen LogP contribution in [0.15, 0.2) is 51.8 Å². The molecule has 0 aliphatic rings. The molecule has 10 heteroatoms. The number of rotatable bonds is 3. The van der Waals surface area contributed by atoms with Crippen molar-refractivity contribution in [1.82, 2.24) is 0 Å². The van der Waals surface area contributed by atoms with Crippen LogP contribution in [0.4, 0.5) is 5.69 Å². The lowest BCUT2D eigenvalue weighted by atomic mass is 10.2. The van der Waals surface area contributed by atoms with Crippen molar-refractivity contribution in [2.24, 2.45) is 5.14 Å². The van der Waals surface area contributed by atoms with Gasteiger partial charge in [0.05, 0.1) is 28.6 Å². The first kappa shape index (κ1) is 17.4. The van der Waals surface area contributed by atoms with E-state index in [2.05, 4.69) is 4.74 Å². The molecule has 0 fully saturated rings. The summed E-state index contributed by atoms with van der Waals surface area (Å²) in [5.74, 6) is -0.601. The van der Waals surface area contributed by atoms with Gasteiger partial charge in [0.25, 0.3) is 0 Å². The standard InChI is InChI=1S/C8H9NO4S.C6H3NO3/c1-13-8(10)6-3-2-4-7(5-6)14(9,11)12;8-7(9)5-3-4-1-2-6(5)10-4/h2-5H,1H3,(H2,9,11,12);1-3H. The number of fused-ring (bicyclic) bond motifs is 2. The molecule has 2 bridgehead atoms. The Morgan fingerprint density at radius 2 is 1.96 bits per heavy atom. The van der Waals surface area contributed by atoms with Crippen LogP contribution >= 0.6 is 0 Å². The van der Waals surface area contributed by atoms with E-state index < -0.39 is 20.9 Å². The SMILES string of the molecule is COC(=O)c1cccc(S(N)(=O)=O)c1.O=[N+]([O-])c1cc2ccc1o2. The minimum atomic E-state index is -3.77. The predicted octanol–water partition coefficient (Wildman–Crippen LogP) is 1.90. The van der Waals surface area contributed by atoms with Crippen molar-refractivity contribution in [3.05, 3.63) is 58.1 Å². The van der Waals surface area contributed by atoms with Crippen LogP contribution in [0.2, 0.25) is 0 Å². The summed E-state index contributed by atoms with van der Waals surface area (Å²) in [6.45, 7) is 0. The highest BCUT2D eigenvalue weighted by atomic mass is 32.2. The van der Waals surface area contributed by atoms with Gasteiger partial charge in [-0.3, -0.25) is 10.1 Å². The van der Waals surface area contributed by atoms with Crippen molar-refractivity contribution < 1.29 is 27.3 Å². The fourth-order valence-corrected chi connectivity index (χ4v) is 2.39. The fraction of sp³-hybridized carbons (Fsp3) is 0.0714. The third-order valence-electron chi connectivity index (χ3n) is 2.94. The van der Waals surface area contributed by atoms with Crippen molar-refractivity contribution in [1.29, 1.82) is 0 Å². The van der Waals surface area contributed by atoms with Crippen LogP contribution in [0.3, 0.4) is 0 Å². The zero-order chi connectivity index (χ0) is 17.9. The molecule has 0 aliphatic heterocycles. The van der Waals surface area contributed by atoms with Crippen LogP contribution in [0, 0.1) is 10.1 Å². The molecule has 9 nitrogen and oxygen atoms in total. The van der Waals surface area contributed by atoms with Crippen molar-refractivity contribution in [3.63, 3.8) is 0 Å². The Hall–Kier alpha value is -2.98. The number of non-ortho nitro benzene ring substituents is 1. The largest absolute Gasteiger partial charge is 0.465 e. The number of furan rings is 2. The lowest BCUT2D eigenvalue weighted by Crippen LogP contribution is -2.13. The van der Waals surface area contributed by atoms with E-state index in [1.165, 1.54) is 37.4 Å². The number of nitro groups is 1. The minimum absolute atomic E-state index is 0.0532. The Morgan fingerprint density at radius 3 is 2.38 bits per heavy atom. The van der Waals surface area contributed by atoms with Gasteiger partial charge < -0.3 is 9.15 Å². The molecule has 0 saturated heterocycles. The van der Waals surface area contributed by atoms with Crippen molar-refractivity contribution >= 4 is 32.8 Å². The molecule has 3 rings (SSSR count). The first-order chi connectivity index (χ1) is 11.2. The van der Waals surface area contributed by atoms with Crippen LogP contribution in [-0.4, -0.2) is 26.4 Å². The molecule has 0 atom stereocenters. The van der Waals surface area contributed by atoms with Gasteiger partial charge in [-0.05, 0) is 30.3 Å². The molecule has 2 N–H and O–H groups in total. The van der Waals surface area contributed by atoms with Crippen molar-refractivity contribution in [2.45, 2.75) is 4.90 Å². The summed E-state index contributed by atoms with van der Waals surface area (Å²) in [4.78, 5) is 20.7. The van der Waals surface area contributed by atoms with Gasteiger partial charge in [0.1, 0.15) is 5.58 Å². The lowest BCUT2D eigenvalue weighted by molar-refractivity contribution is -0.383. The summed E-state index contributed by atoms with van der Waals surface area (Å²) in [7, 11) is -2.56. The number of hydrogen-bond donors (Lipinski definition) is 1. The molecule has 0 spiro atoms. The molecule has 0 amide bonds. The molecule has 2 heterocycles. The Kier molecular flexibility index (Phi) is 4.81. The third-order valence-corrected chi connectivity index (χ3v) is 3.85. The molecular weight excluding hydrogens is 340 g/mol. The van der Waals surface area contributed by atoms with Crippen LogP contribution < -0.4 is 5.14 Å². The maximum atomic E-state index is 11.0. The molecule has 0 aliphatic carbocycles. The van der Waals surface area contributed by atoms with Gasteiger partial charge in [-0.2, -0.15) is 0 Å². The lowest BCUT2D eigenvalue weighted by Gasteiger charge is -2.01. The van der Waals surface area contributed by atoms with E-state index >= 15 is 0 Å². The van der Waals surface area contributed by atoms with Gasteiger partial charge in [-0.15, -0.1) is 0 Å². The van der Waals surface area contributed by atoms with Gasteiger partial charge >= 0.3 is 11.7 Å². The highest BCUT2D eigenvalue weighted by Gasteiger charge is 2.16. The van der Waals surface area contributed by atoms with E-state index in [-0.39, 0.29) is 16.1 Å². The molecule has 0 saturated carbocycles. The number of sulfonamides is 1. The highest BCUT2D eigenvalue weighted by Crippen LogP contribution is 2.27. The smallest absolute Gasteiger partial charge is 0.337 e. The topological polar surface area (TPSA) is 143 Å². The maximum Gasteiger partial charge on any atom is 0.337 e. The summed E-state index contributed by atoms with van der Waals surface area (Å²) in [6.07, 6.45) is 0. The monoisotopic (exact) mass is 352 g/mol. The van der Waals surface area contributed by atoms with E-state index in [1.54, 1.807) is 12.1 Å². The van der Waals surface area contributed by atoms with E-state index in [0.717, 1.165) is 0 Å². The number of carbonyl (C=O) groups is 1. The van der Waals surface area contributed by atoms with Gasteiger partial charge in [0, 0.05) is 0 Å². The third kappa shape index (κ3) is 3.86. The summed E-state index contributed by atoms with van der Waals surface area (Å²) >= 11 is 0. The number of nitrogens with two attached hydrogens (primary N) is 1. The van der Waals surface area contributed by atoms with Gasteiger partial charge in [0.15, 0.2) is 0 Å². The molecular formula is C14H12N2O7S. The van der Waals surface area contributed by atoms with Crippen LogP contribution in [-0.2, 0) is 14.8 Å². The average Bonchev–Trinajstić information content (AvgIpc) is 3.17. The van der Waals surface area contributed by atoms with Gasteiger partial charge in [-0.1, -0.05) is 6.07 Å². The second-order valence-corrected chi connectivity index (χ2v) is 6.11. The highest BCUT2D eigenvalue weighted by molar-refractivity contribution is 7.89. The molecule has 24 heavy (non-hydrogen) atoms. The molecule has 1 aromatic carbocycles. The molecule has 0 unspecified atom stereocenters. The Bertz CT molecular complexity index is 978. The van der Waals surface area contributed by atoms with Crippen molar-refractivity contribution in [2.75, 3.05) is 7.11 Å². The van der Waals surface area contributed by atoms with E-state index in [4.69, 9.17) is 9.56 Å². The summed E-state index contributed by atoms with van der Waals surface area (Å²) in [5, 5.41) is 15.1. The average molecular weight is 352 g/mol. The van der Waals surface area contributed by atoms with E-state index in [0.29, 0.717) is 11.2 Å². The zero-order valence-electron chi connectivity index (χ0n) is 12.3. The fourth-order valence-electron chi connectivity index (χ4n) is 1.83. The Labute approximate surface area is 136 Å². The van der Waals surface area contributed by atoms with Crippen LogP contribution in [0.25, 0.3) is 11.2 Å².